The molecule has 0 saturated carbocycles. The molecule has 144 valence electrons. The molecule has 2 aromatic rings. The summed E-state index contributed by atoms with van der Waals surface area (Å²) < 4.78 is 5.08. The Morgan fingerprint density at radius 3 is 2.59 bits per heavy atom. The number of nitrogens with one attached hydrogen (secondary N) is 1. The van der Waals surface area contributed by atoms with Crippen molar-refractivity contribution in [1.29, 1.82) is 0 Å². The number of carbonyl (C=O) groups excluding carboxylic acids is 1. The van der Waals surface area contributed by atoms with Gasteiger partial charge in [-0.1, -0.05) is 5.16 Å². The predicted molar refractivity (Wildman–Crippen MR) is 106 cm³/mol. The van der Waals surface area contributed by atoms with Crippen LogP contribution in [0.5, 0.6) is 0 Å². The topological polar surface area (TPSA) is 61.6 Å². The number of hydrogen-bond acceptors (Lipinski definition) is 5. The summed E-state index contributed by atoms with van der Waals surface area (Å²) in [6.45, 7) is 9.31. The van der Waals surface area contributed by atoms with E-state index in [0.717, 1.165) is 24.8 Å². The van der Waals surface area contributed by atoms with Crippen LogP contribution < -0.4 is 10.2 Å². The molecule has 4 rings (SSSR count). The summed E-state index contributed by atoms with van der Waals surface area (Å²) in [7, 11) is 0. The van der Waals surface area contributed by atoms with Gasteiger partial charge >= 0.3 is 0 Å². The number of likely N-dealkylation sites (tertiary alicyclic amines) is 1. The molecule has 0 spiro atoms. The highest BCUT2D eigenvalue weighted by molar-refractivity contribution is 6.05. The molecule has 1 N–H and O–H groups in total. The number of anilines is 2. The van der Waals surface area contributed by atoms with Gasteiger partial charge in [0.2, 0.25) is 0 Å². The van der Waals surface area contributed by atoms with Crippen molar-refractivity contribution in [2.75, 3.05) is 29.9 Å². The second-order valence-corrected chi connectivity index (χ2v) is 7.82. The lowest BCUT2D eigenvalue weighted by Gasteiger charge is -2.28. The normalized spacial score (nSPS) is 23.1. The first-order valence-corrected chi connectivity index (χ1v) is 9.88. The highest BCUT2D eigenvalue weighted by Gasteiger charge is 2.32. The average Bonchev–Trinajstić information content (AvgIpc) is 3.36. The van der Waals surface area contributed by atoms with Crippen LogP contribution in [0, 0.1) is 13.8 Å². The summed E-state index contributed by atoms with van der Waals surface area (Å²) in [4.78, 5) is 17.6. The third-order valence-electron chi connectivity index (χ3n) is 5.99. The molecule has 0 aliphatic carbocycles. The van der Waals surface area contributed by atoms with Gasteiger partial charge in [-0.25, -0.2) is 0 Å². The van der Waals surface area contributed by atoms with Crippen molar-refractivity contribution in [1.82, 2.24) is 10.1 Å². The first-order valence-electron chi connectivity index (χ1n) is 9.88. The maximum atomic E-state index is 12.5. The molecule has 0 radical (unpaired) electrons. The highest BCUT2D eigenvalue weighted by Crippen LogP contribution is 2.29. The summed E-state index contributed by atoms with van der Waals surface area (Å²) in [6.07, 6.45) is 3.89. The van der Waals surface area contributed by atoms with Gasteiger partial charge in [-0.05, 0) is 70.8 Å². The number of hydrogen-bond donors (Lipinski definition) is 1. The van der Waals surface area contributed by atoms with Crippen LogP contribution in [-0.4, -0.2) is 47.7 Å². The summed E-state index contributed by atoms with van der Waals surface area (Å²) in [5.41, 5.74) is 3.13. The van der Waals surface area contributed by atoms with Crippen LogP contribution >= 0.6 is 0 Å². The van der Waals surface area contributed by atoms with Gasteiger partial charge in [-0.2, -0.15) is 0 Å². The highest BCUT2D eigenvalue weighted by atomic mass is 16.5. The molecule has 0 bridgehead atoms. The van der Waals surface area contributed by atoms with Crippen LogP contribution in [0.2, 0.25) is 0 Å². The SMILES string of the molecule is Cc1noc(C)c1C(=O)Nc1ccc(N2CCC(N3CCCC3C)C2)cc1. The maximum Gasteiger partial charge on any atom is 0.261 e. The van der Waals surface area contributed by atoms with E-state index in [1.54, 1.807) is 13.8 Å². The monoisotopic (exact) mass is 368 g/mol. The van der Waals surface area contributed by atoms with Crippen molar-refractivity contribution in [3.63, 3.8) is 0 Å². The summed E-state index contributed by atoms with van der Waals surface area (Å²) in [6, 6.07) is 9.52. The molecule has 2 aliphatic rings. The molecule has 1 aromatic carbocycles. The van der Waals surface area contributed by atoms with Crippen molar-refractivity contribution in [2.24, 2.45) is 0 Å². The molecule has 6 nitrogen and oxygen atoms in total. The Hall–Kier alpha value is -2.34. The Kier molecular flexibility index (Phi) is 4.91. The maximum absolute atomic E-state index is 12.5. The minimum Gasteiger partial charge on any atom is -0.370 e. The first-order chi connectivity index (χ1) is 13.0. The number of aryl methyl sites for hydroxylation is 2. The lowest BCUT2D eigenvalue weighted by molar-refractivity contribution is 0.102. The van der Waals surface area contributed by atoms with Gasteiger partial charge in [0.05, 0.1) is 5.69 Å². The minimum atomic E-state index is -0.178. The molecule has 27 heavy (non-hydrogen) atoms. The third kappa shape index (κ3) is 3.58. The summed E-state index contributed by atoms with van der Waals surface area (Å²) in [5, 5.41) is 6.78. The Morgan fingerprint density at radius 1 is 1.19 bits per heavy atom. The van der Waals surface area contributed by atoms with E-state index in [1.807, 2.05) is 12.1 Å². The van der Waals surface area contributed by atoms with E-state index in [4.69, 9.17) is 4.52 Å². The molecule has 2 atom stereocenters. The van der Waals surface area contributed by atoms with E-state index in [2.05, 4.69) is 39.3 Å². The van der Waals surface area contributed by atoms with Gasteiger partial charge in [0.1, 0.15) is 11.3 Å². The average molecular weight is 368 g/mol. The molecule has 2 aliphatic heterocycles. The fourth-order valence-corrected chi connectivity index (χ4v) is 4.50. The van der Waals surface area contributed by atoms with E-state index in [0.29, 0.717) is 23.1 Å². The molecule has 1 aromatic heterocycles. The zero-order valence-electron chi connectivity index (χ0n) is 16.4. The predicted octanol–water partition coefficient (Wildman–Crippen LogP) is 3.61. The van der Waals surface area contributed by atoms with Gasteiger partial charge in [0, 0.05) is 36.5 Å². The van der Waals surface area contributed by atoms with Crippen LogP contribution in [-0.2, 0) is 0 Å². The lowest BCUT2D eigenvalue weighted by Crippen LogP contribution is -2.39. The Labute approximate surface area is 160 Å². The second kappa shape index (κ2) is 7.35. The van der Waals surface area contributed by atoms with E-state index >= 15 is 0 Å². The molecule has 1 amide bonds. The molecule has 2 saturated heterocycles. The quantitative estimate of drug-likeness (QED) is 0.893. The van der Waals surface area contributed by atoms with Crippen LogP contribution in [0.15, 0.2) is 28.8 Å². The summed E-state index contributed by atoms with van der Waals surface area (Å²) >= 11 is 0. The molecule has 6 heteroatoms. The zero-order chi connectivity index (χ0) is 19.0. The first kappa shape index (κ1) is 18.0. The number of nitrogens with zero attached hydrogens (tertiary/aromatic N) is 3. The smallest absolute Gasteiger partial charge is 0.261 e. The van der Waals surface area contributed by atoms with Gasteiger partial charge < -0.3 is 14.7 Å². The molecular formula is C21H28N4O2. The zero-order valence-corrected chi connectivity index (χ0v) is 16.4. The summed E-state index contributed by atoms with van der Waals surface area (Å²) in [5.74, 6) is 0.365. The van der Waals surface area contributed by atoms with Crippen LogP contribution in [0.4, 0.5) is 11.4 Å². The van der Waals surface area contributed by atoms with E-state index < -0.39 is 0 Å². The second-order valence-electron chi connectivity index (χ2n) is 7.82. The molecular weight excluding hydrogens is 340 g/mol. The Bertz CT molecular complexity index is 795. The Balaban J connectivity index is 1.39. The van der Waals surface area contributed by atoms with Crippen LogP contribution in [0.25, 0.3) is 0 Å². The van der Waals surface area contributed by atoms with Crippen molar-refractivity contribution in [3.05, 3.63) is 41.3 Å². The number of carbonyl (C=O) groups is 1. The number of benzene rings is 1. The van der Waals surface area contributed by atoms with Crippen molar-refractivity contribution in [2.45, 2.75) is 52.1 Å². The number of rotatable bonds is 4. The molecule has 3 heterocycles. The fourth-order valence-electron chi connectivity index (χ4n) is 4.50. The van der Waals surface area contributed by atoms with Gasteiger partial charge in [-0.3, -0.25) is 9.69 Å². The van der Waals surface area contributed by atoms with Crippen molar-refractivity contribution >= 4 is 17.3 Å². The lowest BCUT2D eigenvalue weighted by atomic mass is 10.2. The number of amides is 1. The van der Waals surface area contributed by atoms with Gasteiger partial charge in [0.15, 0.2) is 0 Å². The minimum absolute atomic E-state index is 0.178. The standard InChI is InChI=1S/C21H28N4O2/c1-14-5-4-11-25(14)19-10-12-24(13-19)18-8-6-17(7-9-18)22-21(26)20-15(2)23-27-16(20)3/h6-9,14,19H,4-5,10-13H2,1-3H3,(H,22,26). The number of aromatic nitrogens is 1. The van der Waals surface area contributed by atoms with Crippen LogP contribution in [0.3, 0.4) is 0 Å². The van der Waals surface area contributed by atoms with E-state index in [9.17, 15) is 4.79 Å². The fraction of sp³-hybridized carbons (Fsp3) is 0.524. The molecule has 2 unspecified atom stereocenters. The van der Waals surface area contributed by atoms with E-state index in [-0.39, 0.29) is 5.91 Å². The van der Waals surface area contributed by atoms with E-state index in [1.165, 1.54) is 31.5 Å². The van der Waals surface area contributed by atoms with Gasteiger partial charge in [0.25, 0.3) is 5.91 Å². The van der Waals surface area contributed by atoms with Crippen molar-refractivity contribution < 1.29 is 9.32 Å². The largest absolute Gasteiger partial charge is 0.370 e. The Morgan fingerprint density at radius 2 is 1.96 bits per heavy atom. The van der Waals surface area contributed by atoms with Crippen molar-refractivity contribution in [3.8, 4) is 0 Å². The third-order valence-corrected chi connectivity index (χ3v) is 5.99. The molecule has 2 fully saturated rings. The van der Waals surface area contributed by atoms with Gasteiger partial charge in [-0.15, -0.1) is 0 Å². The van der Waals surface area contributed by atoms with Crippen LogP contribution in [0.1, 0.15) is 48.0 Å².